The number of ether oxygens (including phenoxy) is 1. The zero-order chi connectivity index (χ0) is 13.3. The maximum absolute atomic E-state index is 6.17. The van der Waals surface area contributed by atoms with E-state index in [2.05, 4.69) is 24.1 Å². The van der Waals surface area contributed by atoms with Crippen LogP contribution in [-0.4, -0.2) is 28.7 Å². The predicted molar refractivity (Wildman–Crippen MR) is 81.1 cm³/mol. The monoisotopic (exact) mass is 284 g/mol. The Bertz CT molecular complexity index is 311. The molecule has 3 atom stereocenters. The Kier molecular flexibility index (Phi) is 4.14. The first-order chi connectivity index (χ1) is 9.18. The molecular formula is C15H28N2OS. The Morgan fingerprint density at radius 1 is 1.26 bits per heavy atom. The number of hydrogen-bond donors (Lipinski definition) is 2. The Labute approximate surface area is 121 Å². The van der Waals surface area contributed by atoms with Crippen molar-refractivity contribution in [2.45, 2.75) is 74.7 Å². The summed E-state index contributed by atoms with van der Waals surface area (Å²) in [5.41, 5.74) is 3.39. The molecule has 2 aliphatic heterocycles. The van der Waals surface area contributed by atoms with Gasteiger partial charge in [-0.15, -0.1) is 0 Å². The summed E-state index contributed by atoms with van der Waals surface area (Å²) >= 11 is 2.12. The Balaban J connectivity index is 1.72. The van der Waals surface area contributed by atoms with E-state index in [0.29, 0.717) is 16.7 Å². The van der Waals surface area contributed by atoms with Crippen LogP contribution in [0.25, 0.3) is 0 Å². The molecule has 1 spiro atoms. The molecule has 3 nitrogen and oxygen atoms in total. The van der Waals surface area contributed by atoms with Gasteiger partial charge in [-0.2, -0.15) is 11.8 Å². The minimum Gasteiger partial charge on any atom is -0.375 e. The number of nitrogens with two attached hydrogens (primary N) is 1. The fourth-order valence-electron chi connectivity index (χ4n) is 4.57. The molecule has 3 fully saturated rings. The number of thioether (sulfide) groups is 1. The van der Waals surface area contributed by atoms with Crippen LogP contribution in [0.1, 0.15) is 58.3 Å². The lowest BCUT2D eigenvalue weighted by Gasteiger charge is -2.45. The van der Waals surface area contributed by atoms with Crippen molar-refractivity contribution in [3.63, 3.8) is 0 Å². The lowest BCUT2D eigenvalue weighted by atomic mass is 9.76. The van der Waals surface area contributed by atoms with Gasteiger partial charge >= 0.3 is 0 Å². The van der Waals surface area contributed by atoms with Crippen LogP contribution in [0.4, 0.5) is 0 Å². The summed E-state index contributed by atoms with van der Waals surface area (Å²) in [5.74, 6) is 7.93. The molecule has 0 aromatic rings. The van der Waals surface area contributed by atoms with Gasteiger partial charge in [-0.3, -0.25) is 11.3 Å². The molecule has 0 amide bonds. The quantitative estimate of drug-likeness (QED) is 0.618. The van der Waals surface area contributed by atoms with E-state index in [1.54, 1.807) is 0 Å². The van der Waals surface area contributed by atoms with Gasteiger partial charge in [0.15, 0.2) is 0 Å². The molecule has 3 unspecified atom stereocenters. The average molecular weight is 284 g/mol. The van der Waals surface area contributed by atoms with E-state index in [-0.39, 0.29) is 5.60 Å². The fourth-order valence-corrected chi connectivity index (χ4v) is 6.06. The van der Waals surface area contributed by atoms with E-state index < -0.39 is 0 Å². The summed E-state index contributed by atoms with van der Waals surface area (Å²) in [4.78, 5) is 0. The standard InChI is InChI=1S/C15H28N2OS/c1-14(6-4-10-19-14)13(17-16)12-5-9-18-15(11-12)7-2-3-8-15/h12-13,17H,2-11,16H2,1H3. The molecule has 3 N–H and O–H groups in total. The lowest BCUT2D eigenvalue weighted by molar-refractivity contribution is -0.0995. The highest BCUT2D eigenvalue weighted by molar-refractivity contribution is 8.00. The van der Waals surface area contributed by atoms with Gasteiger partial charge in [0.1, 0.15) is 0 Å². The van der Waals surface area contributed by atoms with E-state index in [4.69, 9.17) is 10.6 Å². The fraction of sp³-hybridized carbons (Fsp3) is 1.00. The molecule has 0 bridgehead atoms. The average Bonchev–Trinajstić information content (AvgIpc) is 3.01. The van der Waals surface area contributed by atoms with Crippen LogP contribution >= 0.6 is 11.8 Å². The van der Waals surface area contributed by atoms with Gasteiger partial charge in [-0.1, -0.05) is 12.8 Å². The van der Waals surface area contributed by atoms with E-state index in [0.717, 1.165) is 6.61 Å². The molecule has 0 radical (unpaired) electrons. The second-order valence-electron chi connectivity index (χ2n) is 6.90. The molecule has 1 aliphatic carbocycles. The summed E-state index contributed by atoms with van der Waals surface area (Å²) in [6.07, 6.45) is 10.3. The number of hydrazine groups is 1. The van der Waals surface area contributed by atoms with E-state index in [9.17, 15) is 0 Å². The van der Waals surface area contributed by atoms with E-state index in [1.165, 1.54) is 57.1 Å². The molecule has 19 heavy (non-hydrogen) atoms. The highest BCUT2D eigenvalue weighted by Crippen LogP contribution is 2.48. The molecule has 110 valence electrons. The zero-order valence-electron chi connectivity index (χ0n) is 12.1. The Hall–Kier alpha value is 0.230. The minimum absolute atomic E-state index is 0.206. The normalized spacial score (nSPS) is 39.8. The predicted octanol–water partition coefficient (Wildman–Crippen LogP) is 2.84. The van der Waals surface area contributed by atoms with Gasteiger partial charge in [-0.25, -0.2) is 0 Å². The van der Waals surface area contributed by atoms with Crippen molar-refractivity contribution < 1.29 is 4.74 Å². The molecule has 3 rings (SSSR count). The van der Waals surface area contributed by atoms with Gasteiger partial charge in [0.05, 0.1) is 5.60 Å². The third kappa shape index (κ3) is 2.69. The van der Waals surface area contributed by atoms with Crippen LogP contribution < -0.4 is 11.3 Å². The summed E-state index contributed by atoms with van der Waals surface area (Å²) in [7, 11) is 0. The van der Waals surface area contributed by atoms with Gasteiger partial charge in [0.25, 0.3) is 0 Å². The topological polar surface area (TPSA) is 47.3 Å². The first-order valence-electron chi connectivity index (χ1n) is 7.92. The lowest BCUT2D eigenvalue weighted by Crippen LogP contribution is -2.56. The van der Waals surface area contributed by atoms with E-state index >= 15 is 0 Å². The van der Waals surface area contributed by atoms with Gasteiger partial charge in [0, 0.05) is 17.4 Å². The van der Waals surface area contributed by atoms with Crippen LogP contribution in [0.2, 0.25) is 0 Å². The SMILES string of the molecule is CC1(C(NN)C2CCOC3(CCCC3)C2)CCCS1. The van der Waals surface area contributed by atoms with Crippen LogP contribution in [0.15, 0.2) is 0 Å². The maximum Gasteiger partial charge on any atom is 0.0685 e. The number of rotatable bonds is 3. The second-order valence-corrected chi connectivity index (χ2v) is 8.53. The molecule has 2 saturated heterocycles. The van der Waals surface area contributed by atoms with Crippen molar-refractivity contribution in [3.05, 3.63) is 0 Å². The van der Waals surface area contributed by atoms with E-state index in [1.807, 2.05) is 0 Å². The van der Waals surface area contributed by atoms with Crippen LogP contribution in [0.3, 0.4) is 0 Å². The third-order valence-electron chi connectivity index (χ3n) is 5.60. The number of hydrogen-bond acceptors (Lipinski definition) is 4. The van der Waals surface area contributed by atoms with Crippen molar-refractivity contribution in [3.8, 4) is 0 Å². The molecule has 4 heteroatoms. The summed E-state index contributed by atoms with van der Waals surface area (Å²) in [6, 6.07) is 0.446. The van der Waals surface area contributed by atoms with Crippen molar-refractivity contribution in [1.29, 1.82) is 0 Å². The summed E-state index contributed by atoms with van der Waals surface area (Å²) < 4.78 is 6.50. The van der Waals surface area contributed by atoms with Crippen molar-refractivity contribution in [2.75, 3.05) is 12.4 Å². The first-order valence-corrected chi connectivity index (χ1v) is 8.90. The Morgan fingerprint density at radius 3 is 2.68 bits per heavy atom. The maximum atomic E-state index is 6.17. The van der Waals surface area contributed by atoms with Crippen LogP contribution in [0.5, 0.6) is 0 Å². The Morgan fingerprint density at radius 2 is 2.05 bits per heavy atom. The molecule has 0 aromatic carbocycles. The summed E-state index contributed by atoms with van der Waals surface area (Å²) in [5, 5.41) is 0. The van der Waals surface area contributed by atoms with Crippen molar-refractivity contribution in [1.82, 2.24) is 5.43 Å². The van der Waals surface area contributed by atoms with Gasteiger partial charge in [0.2, 0.25) is 0 Å². The smallest absolute Gasteiger partial charge is 0.0685 e. The zero-order valence-corrected chi connectivity index (χ0v) is 12.9. The van der Waals surface area contributed by atoms with Gasteiger partial charge < -0.3 is 4.74 Å². The molecule has 0 aromatic heterocycles. The molecular weight excluding hydrogens is 256 g/mol. The minimum atomic E-state index is 0.206. The highest BCUT2D eigenvalue weighted by atomic mass is 32.2. The van der Waals surface area contributed by atoms with Crippen molar-refractivity contribution >= 4 is 11.8 Å². The van der Waals surface area contributed by atoms with Crippen molar-refractivity contribution in [2.24, 2.45) is 11.8 Å². The van der Waals surface area contributed by atoms with Crippen LogP contribution in [0, 0.1) is 5.92 Å². The van der Waals surface area contributed by atoms with Crippen LogP contribution in [-0.2, 0) is 4.74 Å². The third-order valence-corrected chi connectivity index (χ3v) is 7.21. The largest absolute Gasteiger partial charge is 0.375 e. The highest BCUT2D eigenvalue weighted by Gasteiger charge is 2.47. The molecule has 2 heterocycles. The summed E-state index contributed by atoms with van der Waals surface area (Å²) in [6.45, 7) is 3.34. The molecule has 3 aliphatic rings. The second kappa shape index (κ2) is 5.55. The number of nitrogens with one attached hydrogen (secondary N) is 1. The first kappa shape index (κ1) is 14.2. The molecule has 1 saturated carbocycles. The van der Waals surface area contributed by atoms with Gasteiger partial charge in [-0.05, 0) is 57.1 Å².